The first kappa shape index (κ1) is 23.9. The number of carbonyl (C=O) groups is 4. The first-order valence-corrected chi connectivity index (χ1v) is 10.4. The fourth-order valence-electron chi connectivity index (χ4n) is 4.32. The molecule has 13 nitrogen and oxygen atoms in total. The summed E-state index contributed by atoms with van der Waals surface area (Å²) in [5.74, 6) is -3.74. The largest absolute Gasteiger partial charge is 0.504 e. The van der Waals surface area contributed by atoms with Crippen LogP contribution in [0.1, 0.15) is 51.2 Å². The van der Waals surface area contributed by atoms with Gasteiger partial charge >= 0.3 is 23.9 Å². The zero-order chi connectivity index (χ0) is 25.6. The summed E-state index contributed by atoms with van der Waals surface area (Å²) < 4.78 is 32.2. The van der Waals surface area contributed by atoms with Crippen LogP contribution >= 0.6 is 0 Å². The molecule has 1 aromatic heterocycles. The van der Waals surface area contributed by atoms with Gasteiger partial charge in [0.15, 0.2) is 35.9 Å². The molecule has 0 spiro atoms. The maximum atomic E-state index is 13.1. The lowest BCUT2D eigenvalue weighted by Gasteiger charge is -2.41. The van der Waals surface area contributed by atoms with Crippen LogP contribution in [0.2, 0.25) is 0 Å². The Kier molecular flexibility index (Phi) is 6.01. The van der Waals surface area contributed by atoms with Crippen molar-refractivity contribution in [3.05, 3.63) is 27.7 Å². The number of ether oxygens (including phenoxy) is 6. The maximum Gasteiger partial charge on any atom is 0.303 e. The highest BCUT2D eigenvalue weighted by Crippen LogP contribution is 2.50. The number of hydrogen-bond acceptors (Lipinski definition) is 12. The fraction of sp³-hybridized carbons (Fsp3) is 0.409. The van der Waals surface area contributed by atoms with E-state index in [1.807, 2.05) is 0 Å². The molecule has 1 aliphatic heterocycles. The molecule has 0 saturated heterocycles. The number of nitrogens with one attached hydrogen (secondary N) is 1. The van der Waals surface area contributed by atoms with E-state index in [1.54, 1.807) is 0 Å². The van der Waals surface area contributed by atoms with Gasteiger partial charge in [0.05, 0.1) is 11.1 Å². The Morgan fingerprint density at radius 1 is 0.886 bits per heavy atom. The molecule has 0 bridgehead atoms. The van der Waals surface area contributed by atoms with Crippen LogP contribution in [0, 0.1) is 0 Å². The number of carbonyl (C=O) groups excluding carboxylic acids is 4. The molecule has 4 atom stereocenters. The van der Waals surface area contributed by atoms with Crippen LogP contribution in [0.5, 0.6) is 17.2 Å². The number of H-pyrrole nitrogens is 1. The number of benzene rings is 1. The Morgan fingerprint density at radius 3 is 2.00 bits per heavy atom. The molecule has 1 aliphatic carbocycles. The van der Waals surface area contributed by atoms with Gasteiger partial charge in [-0.05, 0) is 6.07 Å². The first-order chi connectivity index (χ1) is 16.5. The van der Waals surface area contributed by atoms with Crippen LogP contribution in [0.15, 0.2) is 10.9 Å². The van der Waals surface area contributed by atoms with E-state index in [-0.39, 0.29) is 40.3 Å². The molecular weight excluding hydrogens is 470 g/mol. The van der Waals surface area contributed by atoms with Crippen LogP contribution in [0.25, 0.3) is 10.8 Å². The Labute approximate surface area is 196 Å². The standard InChI is InChI=1S/C22H21NO12/c1-7(24)32-18-13-11-5-12-17(31-6-30-12)16(28)14(11)22(29)23-15(13)19(33-8(2)25)21(35-10(4)27)20(18)34-9(3)26/h5,18-21,28H,6H2,1-4H3,(H,23,29)/t18-,19+,20+,21+/m1/s1. The number of fused-ring (bicyclic) bond motifs is 4. The molecule has 2 aliphatic rings. The Hall–Kier alpha value is -4.29. The van der Waals surface area contributed by atoms with Gasteiger partial charge in [0.2, 0.25) is 12.5 Å². The summed E-state index contributed by atoms with van der Waals surface area (Å²) in [5, 5.41) is 10.6. The molecular formula is C22H21NO12. The summed E-state index contributed by atoms with van der Waals surface area (Å²) in [6.07, 6.45) is -5.89. The van der Waals surface area contributed by atoms with Crippen molar-refractivity contribution in [2.24, 2.45) is 0 Å². The van der Waals surface area contributed by atoms with E-state index in [1.165, 1.54) is 6.07 Å². The van der Waals surface area contributed by atoms with Gasteiger partial charge in [-0.3, -0.25) is 24.0 Å². The number of phenolic OH excluding ortho intramolecular Hbond substituents is 1. The molecule has 35 heavy (non-hydrogen) atoms. The SMILES string of the molecule is CC(=O)O[C@@H]1[C@@H](OC(C)=O)[C@@H](OC(C)=O)c2[nH]c(=O)c3c(O)c4c(cc3c2[C@H]1OC(C)=O)OCO4. The average Bonchev–Trinajstić information content (AvgIpc) is 3.20. The monoisotopic (exact) mass is 491 g/mol. The van der Waals surface area contributed by atoms with Gasteiger partial charge in [0.1, 0.15) is 0 Å². The topological polar surface area (TPSA) is 177 Å². The molecule has 2 heterocycles. The van der Waals surface area contributed by atoms with E-state index in [2.05, 4.69) is 4.98 Å². The summed E-state index contributed by atoms with van der Waals surface area (Å²) in [7, 11) is 0. The summed E-state index contributed by atoms with van der Waals surface area (Å²) in [5.41, 5.74) is -0.845. The van der Waals surface area contributed by atoms with Crippen LogP contribution in [-0.4, -0.2) is 53.0 Å². The third-order valence-electron chi connectivity index (χ3n) is 5.37. The lowest BCUT2D eigenvalue weighted by Crippen LogP contribution is -2.49. The molecule has 13 heteroatoms. The van der Waals surface area contributed by atoms with Gasteiger partial charge in [0.25, 0.3) is 5.56 Å². The van der Waals surface area contributed by atoms with Crippen LogP contribution < -0.4 is 15.0 Å². The van der Waals surface area contributed by atoms with E-state index in [9.17, 15) is 29.1 Å². The number of phenols is 1. The molecule has 0 radical (unpaired) electrons. The highest BCUT2D eigenvalue weighted by Gasteiger charge is 2.52. The molecule has 0 amide bonds. The van der Waals surface area contributed by atoms with Crippen molar-refractivity contribution in [2.45, 2.75) is 52.1 Å². The lowest BCUT2D eigenvalue weighted by molar-refractivity contribution is -0.204. The minimum atomic E-state index is -1.49. The summed E-state index contributed by atoms with van der Waals surface area (Å²) >= 11 is 0. The van der Waals surface area contributed by atoms with Gasteiger partial charge in [-0.2, -0.15) is 0 Å². The van der Waals surface area contributed by atoms with Gasteiger partial charge in [-0.15, -0.1) is 0 Å². The molecule has 186 valence electrons. The van der Waals surface area contributed by atoms with Crippen molar-refractivity contribution < 1.29 is 52.7 Å². The maximum absolute atomic E-state index is 13.1. The number of aromatic nitrogens is 1. The minimum Gasteiger partial charge on any atom is -0.504 e. The van der Waals surface area contributed by atoms with Crippen LogP contribution in [0.3, 0.4) is 0 Å². The number of rotatable bonds is 4. The second kappa shape index (κ2) is 8.81. The summed E-state index contributed by atoms with van der Waals surface area (Å²) in [4.78, 5) is 63.6. The van der Waals surface area contributed by atoms with Crippen LogP contribution in [0.4, 0.5) is 0 Å². The van der Waals surface area contributed by atoms with Crippen LogP contribution in [-0.2, 0) is 38.1 Å². The van der Waals surface area contributed by atoms with Crippen molar-refractivity contribution in [2.75, 3.05) is 6.79 Å². The predicted octanol–water partition coefficient (Wildman–Crippen LogP) is 1.05. The highest BCUT2D eigenvalue weighted by atomic mass is 16.7. The quantitative estimate of drug-likeness (QED) is 0.460. The van der Waals surface area contributed by atoms with Crippen molar-refractivity contribution in [3.8, 4) is 17.2 Å². The van der Waals surface area contributed by atoms with Gasteiger partial charge in [-0.25, -0.2) is 0 Å². The van der Waals surface area contributed by atoms with E-state index in [0.29, 0.717) is 0 Å². The van der Waals surface area contributed by atoms with Crippen molar-refractivity contribution in [1.82, 2.24) is 4.98 Å². The third kappa shape index (κ3) is 4.20. The minimum absolute atomic E-state index is 0.0457. The Bertz CT molecular complexity index is 1310. The number of hydrogen-bond donors (Lipinski definition) is 2. The van der Waals surface area contributed by atoms with Crippen molar-refractivity contribution >= 4 is 34.6 Å². The zero-order valence-electron chi connectivity index (χ0n) is 19.0. The second-order valence-corrected chi connectivity index (χ2v) is 7.87. The van der Waals surface area contributed by atoms with E-state index < -0.39 is 59.6 Å². The normalized spacial score (nSPS) is 22.2. The zero-order valence-corrected chi connectivity index (χ0v) is 19.0. The number of pyridine rings is 1. The number of esters is 4. The van der Waals surface area contributed by atoms with Gasteiger partial charge < -0.3 is 38.5 Å². The average molecular weight is 491 g/mol. The number of aromatic amines is 1. The van der Waals surface area contributed by atoms with E-state index in [0.717, 1.165) is 27.7 Å². The van der Waals surface area contributed by atoms with Crippen molar-refractivity contribution in [3.63, 3.8) is 0 Å². The lowest BCUT2D eigenvalue weighted by atomic mass is 9.83. The summed E-state index contributed by atoms with van der Waals surface area (Å²) in [6.45, 7) is 4.14. The molecule has 2 N–H and O–H groups in total. The van der Waals surface area contributed by atoms with Gasteiger partial charge in [0, 0.05) is 38.6 Å². The van der Waals surface area contributed by atoms with E-state index >= 15 is 0 Å². The smallest absolute Gasteiger partial charge is 0.303 e. The summed E-state index contributed by atoms with van der Waals surface area (Å²) in [6, 6.07) is 1.38. The highest BCUT2D eigenvalue weighted by molar-refractivity contribution is 5.95. The predicted molar refractivity (Wildman–Crippen MR) is 112 cm³/mol. The molecule has 1 aromatic carbocycles. The fourth-order valence-corrected chi connectivity index (χ4v) is 4.32. The third-order valence-corrected chi connectivity index (χ3v) is 5.37. The second-order valence-electron chi connectivity index (χ2n) is 7.87. The molecule has 0 fully saturated rings. The number of aromatic hydroxyl groups is 1. The molecule has 0 unspecified atom stereocenters. The van der Waals surface area contributed by atoms with E-state index in [4.69, 9.17) is 28.4 Å². The Morgan fingerprint density at radius 2 is 1.43 bits per heavy atom. The molecule has 0 saturated carbocycles. The van der Waals surface area contributed by atoms with Gasteiger partial charge in [-0.1, -0.05) is 0 Å². The Balaban J connectivity index is 2.10. The molecule has 4 rings (SSSR count). The van der Waals surface area contributed by atoms with Crippen molar-refractivity contribution in [1.29, 1.82) is 0 Å². The first-order valence-electron chi connectivity index (χ1n) is 10.4. The molecule has 2 aromatic rings.